The molecule has 0 aliphatic rings. The normalized spacial score (nSPS) is 12.5. The first-order valence-corrected chi connectivity index (χ1v) is 14.2. The van der Waals surface area contributed by atoms with Crippen LogP contribution in [0.3, 0.4) is 0 Å². The summed E-state index contributed by atoms with van der Waals surface area (Å²) in [6.45, 7) is 0. The Hall–Kier alpha value is -3.80. The van der Waals surface area contributed by atoms with Crippen molar-refractivity contribution in [3.8, 4) is 5.75 Å². The van der Waals surface area contributed by atoms with E-state index < -0.39 is 56.8 Å². The highest BCUT2D eigenvalue weighted by Crippen LogP contribution is 2.32. The summed E-state index contributed by atoms with van der Waals surface area (Å²) >= 11 is 0. The number of aromatic hydroxyl groups is 1. The number of anilines is 2. The fraction of sp³-hybridized carbons (Fsp3) is 0. The van der Waals surface area contributed by atoms with Gasteiger partial charge >= 0.3 is 6.03 Å². The van der Waals surface area contributed by atoms with Crippen molar-refractivity contribution in [3.05, 3.63) is 60.7 Å². The Bertz CT molecular complexity index is 1940. The van der Waals surface area contributed by atoms with Gasteiger partial charge in [0.2, 0.25) is 0 Å². The Morgan fingerprint density at radius 2 is 1.14 bits per heavy atom. The van der Waals surface area contributed by atoms with Crippen LogP contribution in [0.5, 0.6) is 5.75 Å². The van der Waals surface area contributed by atoms with Gasteiger partial charge in [0.05, 0.1) is 9.79 Å². The highest BCUT2D eigenvalue weighted by molar-refractivity contribution is 7.87. The second kappa shape index (κ2) is 8.94. The zero-order valence-electron chi connectivity index (χ0n) is 18.1. The molecule has 0 saturated carbocycles. The van der Waals surface area contributed by atoms with Gasteiger partial charge in [0.1, 0.15) is 10.6 Å². The minimum Gasteiger partial charge on any atom is -0.507 e. The van der Waals surface area contributed by atoms with Crippen molar-refractivity contribution in [1.29, 1.82) is 0 Å². The lowest BCUT2D eigenvalue weighted by molar-refractivity contribution is 0.262. The van der Waals surface area contributed by atoms with Gasteiger partial charge < -0.3 is 15.7 Å². The van der Waals surface area contributed by atoms with Crippen molar-refractivity contribution < 1.29 is 48.8 Å². The maximum Gasteiger partial charge on any atom is 0.323 e. The molecule has 2 amide bonds. The molecule has 0 radical (unpaired) electrons. The van der Waals surface area contributed by atoms with Crippen molar-refractivity contribution in [1.82, 2.24) is 0 Å². The van der Waals surface area contributed by atoms with Crippen LogP contribution in [0, 0.1) is 0 Å². The summed E-state index contributed by atoms with van der Waals surface area (Å²) in [5.74, 6) is -0.413. The minimum absolute atomic E-state index is 0.0256. The van der Waals surface area contributed by atoms with Crippen LogP contribution in [0.4, 0.5) is 16.2 Å². The van der Waals surface area contributed by atoms with Gasteiger partial charge in [0, 0.05) is 28.2 Å². The first kappa shape index (κ1) is 26.3. The quantitative estimate of drug-likeness (QED) is 0.192. The second-order valence-corrected chi connectivity index (χ2v) is 12.0. The van der Waals surface area contributed by atoms with E-state index in [1.54, 1.807) is 0 Å². The molecule has 0 aliphatic carbocycles. The van der Waals surface area contributed by atoms with E-state index in [-0.39, 0.29) is 32.9 Å². The molecule has 4 aromatic rings. The molecule has 4 rings (SSSR count). The third-order valence-corrected chi connectivity index (χ3v) is 7.74. The molecular weight excluding hydrogens is 552 g/mol. The van der Waals surface area contributed by atoms with Crippen LogP contribution in [0.1, 0.15) is 0 Å². The van der Waals surface area contributed by atoms with E-state index in [9.17, 15) is 48.8 Å². The number of fused-ring (bicyclic) bond motifs is 2. The molecule has 0 spiro atoms. The summed E-state index contributed by atoms with van der Waals surface area (Å²) in [4.78, 5) is 10.4. The zero-order chi connectivity index (χ0) is 27.3. The molecule has 16 heteroatoms. The standard InChI is InChI=1S/C21H16N2O11S3/c24-19-9-15(35(26,27)28)7-12-5-13(3-4-17(12)19)22-21(25)23-14-2-1-11-6-16(36(29,30)31)10-20(18(11)8-14)37(32,33)34/h1-10,24H,(H2,22,23,25)(H,26,27,28)(H,29,30,31)(H,32,33,34). The third-order valence-electron chi connectivity index (χ3n) is 5.18. The molecule has 0 saturated heterocycles. The Morgan fingerprint density at radius 1 is 0.595 bits per heavy atom. The molecule has 0 bridgehead atoms. The number of carbonyl (C=O) groups is 1. The molecule has 4 aromatic carbocycles. The van der Waals surface area contributed by atoms with Crippen LogP contribution in [0.2, 0.25) is 0 Å². The molecule has 0 aliphatic heterocycles. The van der Waals surface area contributed by atoms with Gasteiger partial charge in [-0.15, -0.1) is 0 Å². The lowest BCUT2D eigenvalue weighted by Crippen LogP contribution is -2.19. The number of phenols is 1. The molecule has 0 unspecified atom stereocenters. The summed E-state index contributed by atoms with van der Waals surface area (Å²) in [5, 5.41) is 15.2. The first-order valence-electron chi connectivity index (χ1n) is 9.87. The fourth-order valence-corrected chi connectivity index (χ4v) is 5.46. The number of nitrogens with one attached hydrogen (secondary N) is 2. The predicted octanol–water partition coefficient (Wildman–Crippen LogP) is 3.08. The molecule has 0 atom stereocenters. The number of phenolic OH excluding ortho intramolecular Hbond substituents is 1. The monoisotopic (exact) mass is 568 g/mol. The summed E-state index contributed by atoms with van der Waals surface area (Å²) in [6.07, 6.45) is 0. The Labute approximate surface area is 209 Å². The van der Waals surface area contributed by atoms with Gasteiger partial charge in [0.25, 0.3) is 30.4 Å². The van der Waals surface area contributed by atoms with Crippen LogP contribution in [0.25, 0.3) is 21.5 Å². The van der Waals surface area contributed by atoms with E-state index in [4.69, 9.17) is 0 Å². The Kier molecular flexibility index (Phi) is 6.35. The van der Waals surface area contributed by atoms with Crippen molar-refractivity contribution in [3.63, 3.8) is 0 Å². The van der Waals surface area contributed by atoms with Crippen LogP contribution in [-0.4, -0.2) is 50.0 Å². The number of hydrogen-bond donors (Lipinski definition) is 6. The number of benzene rings is 4. The van der Waals surface area contributed by atoms with Crippen molar-refractivity contribution in [2.45, 2.75) is 14.7 Å². The largest absolute Gasteiger partial charge is 0.507 e. The van der Waals surface area contributed by atoms with Crippen LogP contribution >= 0.6 is 0 Å². The SMILES string of the molecule is O=C(Nc1ccc2c(O)cc(S(=O)(=O)O)cc2c1)Nc1ccc2cc(S(=O)(=O)O)cc(S(=O)(=O)O)c2c1. The number of rotatable bonds is 5. The molecule has 0 aromatic heterocycles. The lowest BCUT2D eigenvalue weighted by Gasteiger charge is -2.12. The van der Waals surface area contributed by atoms with Gasteiger partial charge in [-0.2, -0.15) is 25.3 Å². The molecule has 194 valence electrons. The predicted molar refractivity (Wildman–Crippen MR) is 132 cm³/mol. The second-order valence-electron chi connectivity index (χ2n) is 7.74. The van der Waals surface area contributed by atoms with Crippen LogP contribution in [-0.2, 0) is 30.4 Å². The van der Waals surface area contributed by atoms with Crippen molar-refractivity contribution in [2.24, 2.45) is 0 Å². The van der Waals surface area contributed by atoms with Gasteiger partial charge in [-0.05, 0) is 59.3 Å². The number of carbonyl (C=O) groups excluding carboxylic acids is 1. The minimum atomic E-state index is -4.93. The van der Waals surface area contributed by atoms with E-state index in [0.29, 0.717) is 6.07 Å². The molecule has 6 N–H and O–H groups in total. The van der Waals surface area contributed by atoms with Crippen LogP contribution < -0.4 is 10.6 Å². The topological polar surface area (TPSA) is 224 Å². The Balaban J connectivity index is 1.66. The summed E-state index contributed by atoms with van der Waals surface area (Å²) in [7, 11) is -14.3. The maximum absolute atomic E-state index is 12.5. The summed E-state index contributed by atoms with van der Waals surface area (Å²) < 4.78 is 97.5. The number of urea groups is 1. The summed E-state index contributed by atoms with van der Waals surface area (Å²) in [5.41, 5.74) is 0.204. The van der Waals surface area contributed by atoms with E-state index in [1.165, 1.54) is 30.3 Å². The lowest BCUT2D eigenvalue weighted by atomic mass is 10.1. The van der Waals surface area contributed by atoms with Crippen molar-refractivity contribution in [2.75, 3.05) is 10.6 Å². The smallest absolute Gasteiger partial charge is 0.323 e. The highest BCUT2D eigenvalue weighted by Gasteiger charge is 2.21. The number of amides is 2. The third kappa shape index (κ3) is 5.63. The van der Waals surface area contributed by atoms with Gasteiger partial charge in [-0.1, -0.05) is 6.07 Å². The van der Waals surface area contributed by atoms with E-state index in [0.717, 1.165) is 24.3 Å². The van der Waals surface area contributed by atoms with E-state index in [2.05, 4.69) is 10.6 Å². The average Bonchev–Trinajstić information content (AvgIpc) is 2.76. The number of hydrogen-bond acceptors (Lipinski definition) is 8. The maximum atomic E-state index is 12.5. The van der Waals surface area contributed by atoms with Gasteiger partial charge in [0.15, 0.2) is 0 Å². The fourth-order valence-electron chi connectivity index (χ4n) is 3.58. The first-order chi connectivity index (χ1) is 17.0. The average molecular weight is 569 g/mol. The summed E-state index contributed by atoms with van der Waals surface area (Å²) in [6, 6.07) is 10.5. The molecular formula is C21H16N2O11S3. The Morgan fingerprint density at radius 3 is 1.73 bits per heavy atom. The zero-order valence-corrected chi connectivity index (χ0v) is 20.6. The molecule has 37 heavy (non-hydrogen) atoms. The van der Waals surface area contributed by atoms with Gasteiger partial charge in [-0.3, -0.25) is 13.7 Å². The van der Waals surface area contributed by atoms with Crippen LogP contribution in [0.15, 0.2) is 75.4 Å². The molecule has 0 heterocycles. The van der Waals surface area contributed by atoms with Gasteiger partial charge in [-0.25, -0.2) is 4.79 Å². The van der Waals surface area contributed by atoms with E-state index >= 15 is 0 Å². The van der Waals surface area contributed by atoms with E-state index in [1.807, 2.05) is 0 Å². The van der Waals surface area contributed by atoms with Crippen molar-refractivity contribution >= 4 is 69.3 Å². The highest BCUT2D eigenvalue weighted by atomic mass is 32.2. The molecule has 13 nitrogen and oxygen atoms in total. The molecule has 0 fully saturated rings.